The van der Waals surface area contributed by atoms with Crippen molar-refractivity contribution in [2.75, 3.05) is 45.8 Å². The zero-order chi connectivity index (χ0) is 16.9. The first-order valence-electron chi connectivity index (χ1n) is 9.42. The van der Waals surface area contributed by atoms with E-state index in [0.29, 0.717) is 19.1 Å². The average molecular weight is 344 g/mol. The zero-order valence-corrected chi connectivity index (χ0v) is 14.4. The quantitative estimate of drug-likeness (QED) is 0.829. The van der Waals surface area contributed by atoms with Gasteiger partial charge in [-0.05, 0) is 51.6 Å². The number of carbonyl (C=O) groups excluding carboxylic acids is 1. The molecule has 138 valence electrons. The summed E-state index contributed by atoms with van der Waals surface area (Å²) in [6.45, 7) is 5.31. The van der Waals surface area contributed by atoms with Crippen molar-refractivity contribution in [2.45, 2.75) is 57.0 Å². The summed E-state index contributed by atoms with van der Waals surface area (Å²) in [5, 5.41) is 3.14. The van der Waals surface area contributed by atoms with Crippen LogP contribution in [0.1, 0.15) is 38.5 Å². The van der Waals surface area contributed by atoms with E-state index < -0.39 is 6.43 Å². The molecular formula is C17H30F2N4O. The van der Waals surface area contributed by atoms with Gasteiger partial charge in [-0.2, -0.15) is 0 Å². The van der Waals surface area contributed by atoms with Crippen LogP contribution in [0.5, 0.6) is 0 Å². The second kappa shape index (κ2) is 8.43. The lowest BCUT2D eigenvalue weighted by atomic mass is 10.1. The summed E-state index contributed by atoms with van der Waals surface area (Å²) in [4.78, 5) is 18.9. The summed E-state index contributed by atoms with van der Waals surface area (Å²) in [6.07, 6.45) is 3.99. The molecule has 3 rings (SSSR count). The number of alkyl halides is 2. The number of amides is 2. The minimum atomic E-state index is -2.27. The van der Waals surface area contributed by atoms with Crippen molar-refractivity contribution in [2.24, 2.45) is 0 Å². The topological polar surface area (TPSA) is 38.8 Å². The van der Waals surface area contributed by atoms with Crippen molar-refractivity contribution in [3.05, 3.63) is 0 Å². The Morgan fingerprint density at radius 2 is 1.67 bits per heavy atom. The molecule has 0 bridgehead atoms. The van der Waals surface area contributed by atoms with Gasteiger partial charge in [0.15, 0.2) is 0 Å². The van der Waals surface area contributed by atoms with Crippen molar-refractivity contribution in [3.8, 4) is 0 Å². The molecule has 3 fully saturated rings. The monoisotopic (exact) mass is 344 g/mol. The van der Waals surface area contributed by atoms with Gasteiger partial charge in [-0.15, -0.1) is 0 Å². The van der Waals surface area contributed by atoms with Gasteiger partial charge in [0, 0.05) is 38.3 Å². The molecule has 0 saturated carbocycles. The molecule has 1 unspecified atom stereocenters. The third kappa shape index (κ3) is 4.79. The number of nitrogens with one attached hydrogen (secondary N) is 1. The second-order valence-corrected chi connectivity index (χ2v) is 7.41. The van der Waals surface area contributed by atoms with E-state index in [2.05, 4.69) is 10.2 Å². The fourth-order valence-corrected chi connectivity index (χ4v) is 4.27. The first-order chi connectivity index (χ1) is 11.6. The second-order valence-electron chi connectivity index (χ2n) is 7.41. The molecule has 0 aliphatic carbocycles. The molecule has 0 spiro atoms. The molecule has 3 aliphatic heterocycles. The highest BCUT2D eigenvalue weighted by molar-refractivity contribution is 5.75. The number of halogens is 2. The molecule has 5 nitrogen and oxygen atoms in total. The molecule has 24 heavy (non-hydrogen) atoms. The molecule has 0 radical (unpaired) electrons. The van der Waals surface area contributed by atoms with Crippen LogP contribution in [-0.4, -0.2) is 85.1 Å². The fourth-order valence-electron chi connectivity index (χ4n) is 4.27. The number of nitrogens with zero attached hydrogens (tertiary/aromatic N) is 3. The van der Waals surface area contributed by atoms with E-state index >= 15 is 0 Å². The van der Waals surface area contributed by atoms with Crippen LogP contribution < -0.4 is 5.32 Å². The highest BCUT2D eigenvalue weighted by Crippen LogP contribution is 2.21. The third-order valence-electron chi connectivity index (χ3n) is 5.62. The van der Waals surface area contributed by atoms with Gasteiger partial charge in [-0.3, -0.25) is 4.90 Å². The van der Waals surface area contributed by atoms with Crippen LogP contribution in [0.4, 0.5) is 13.6 Å². The molecule has 3 saturated heterocycles. The predicted octanol–water partition coefficient (Wildman–Crippen LogP) is 1.99. The first-order valence-corrected chi connectivity index (χ1v) is 9.42. The molecule has 1 N–H and O–H groups in total. The SMILES string of the molecule is O=C(NC1CCN(CC(F)F)CC1)N1CCCC1CN1CCCC1. The zero-order valence-electron chi connectivity index (χ0n) is 14.4. The van der Waals surface area contributed by atoms with E-state index in [1.807, 2.05) is 4.90 Å². The molecule has 0 aromatic rings. The maximum atomic E-state index is 12.6. The molecule has 3 heterocycles. The Balaban J connectivity index is 1.42. The van der Waals surface area contributed by atoms with Crippen LogP contribution in [0.15, 0.2) is 0 Å². The molecule has 2 amide bonds. The molecule has 7 heteroatoms. The summed E-state index contributed by atoms with van der Waals surface area (Å²) >= 11 is 0. The Bertz CT molecular complexity index is 409. The van der Waals surface area contributed by atoms with Crippen molar-refractivity contribution in [1.82, 2.24) is 20.0 Å². The van der Waals surface area contributed by atoms with Gasteiger partial charge in [-0.25, -0.2) is 13.6 Å². The maximum absolute atomic E-state index is 12.6. The number of hydrogen-bond donors (Lipinski definition) is 1. The normalized spacial score (nSPS) is 27.3. The number of likely N-dealkylation sites (tertiary alicyclic amines) is 3. The van der Waals surface area contributed by atoms with E-state index in [0.717, 1.165) is 51.9 Å². The first kappa shape index (κ1) is 17.9. The Morgan fingerprint density at radius 3 is 2.33 bits per heavy atom. The van der Waals surface area contributed by atoms with E-state index in [9.17, 15) is 13.6 Å². The number of piperidine rings is 1. The van der Waals surface area contributed by atoms with Crippen molar-refractivity contribution in [3.63, 3.8) is 0 Å². The summed E-state index contributed by atoms with van der Waals surface area (Å²) in [5.74, 6) is 0. The fraction of sp³-hybridized carbons (Fsp3) is 0.941. The van der Waals surface area contributed by atoms with Crippen molar-refractivity contribution in [1.29, 1.82) is 0 Å². The largest absolute Gasteiger partial charge is 0.335 e. The van der Waals surface area contributed by atoms with Crippen LogP contribution in [0.2, 0.25) is 0 Å². The van der Waals surface area contributed by atoms with Crippen LogP contribution >= 0.6 is 0 Å². The van der Waals surface area contributed by atoms with Crippen molar-refractivity contribution < 1.29 is 13.6 Å². The summed E-state index contributed by atoms with van der Waals surface area (Å²) in [5.41, 5.74) is 0. The smallest absolute Gasteiger partial charge is 0.317 e. The van der Waals surface area contributed by atoms with Crippen molar-refractivity contribution >= 4 is 6.03 Å². The lowest BCUT2D eigenvalue weighted by Gasteiger charge is -2.34. The minimum Gasteiger partial charge on any atom is -0.335 e. The van der Waals surface area contributed by atoms with E-state index in [1.54, 1.807) is 4.90 Å². The number of hydrogen-bond acceptors (Lipinski definition) is 3. The lowest BCUT2D eigenvalue weighted by Crippen LogP contribution is -2.52. The summed E-state index contributed by atoms with van der Waals surface area (Å²) in [7, 11) is 0. The average Bonchev–Trinajstić information content (AvgIpc) is 3.21. The third-order valence-corrected chi connectivity index (χ3v) is 5.62. The number of urea groups is 1. The van der Waals surface area contributed by atoms with Crippen LogP contribution in [-0.2, 0) is 0 Å². The van der Waals surface area contributed by atoms with E-state index in [-0.39, 0.29) is 18.6 Å². The Kier molecular flexibility index (Phi) is 6.27. The molecule has 0 aromatic carbocycles. The number of rotatable bonds is 5. The minimum absolute atomic E-state index is 0.0454. The molecular weight excluding hydrogens is 314 g/mol. The Morgan fingerprint density at radius 1 is 0.958 bits per heavy atom. The molecule has 1 atom stereocenters. The standard InChI is InChI=1S/C17H30F2N4O/c18-16(19)13-22-10-5-14(6-11-22)20-17(24)23-9-3-4-15(23)12-21-7-1-2-8-21/h14-16H,1-13H2,(H,20,24). The van der Waals surface area contributed by atoms with Crippen LogP contribution in [0.25, 0.3) is 0 Å². The lowest BCUT2D eigenvalue weighted by molar-refractivity contribution is 0.0728. The van der Waals surface area contributed by atoms with Gasteiger partial charge >= 0.3 is 6.03 Å². The molecule has 0 aromatic heterocycles. The van der Waals surface area contributed by atoms with Gasteiger partial charge in [-0.1, -0.05) is 0 Å². The van der Waals surface area contributed by atoms with Crippen LogP contribution in [0, 0.1) is 0 Å². The molecule has 3 aliphatic rings. The van der Waals surface area contributed by atoms with Gasteiger partial charge in [0.25, 0.3) is 6.43 Å². The summed E-state index contributed by atoms with van der Waals surface area (Å²) in [6, 6.07) is 0.505. The van der Waals surface area contributed by atoms with E-state index in [4.69, 9.17) is 0 Å². The maximum Gasteiger partial charge on any atom is 0.317 e. The van der Waals surface area contributed by atoms with Gasteiger partial charge in [0.05, 0.1) is 6.54 Å². The Labute approximate surface area is 143 Å². The van der Waals surface area contributed by atoms with Crippen LogP contribution in [0.3, 0.4) is 0 Å². The van der Waals surface area contributed by atoms with E-state index in [1.165, 1.54) is 12.8 Å². The van der Waals surface area contributed by atoms with Gasteiger partial charge < -0.3 is 15.1 Å². The number of carbonyl (C=O) groups is 1. The summed E-state index contributed by atoms with van der Waals surface area (Å²) < 4.78 is 24.8. The van der Waals surface area contributed by atoms with Gasteiger partial charge in [0.1, 0.15) is 0 Å². The van der Waals surface area contributed by atoms with Gasteiger partial charge in [0.2, 0.25) is 0 Å². The predicted molar refractivity (Wildman–Crippen MR) is 89.4 cm³/mol. The highest BCUT2D eigenvalue weighted by Gasteiger charge is 2.32. The Hall–Kier alpha value is -0.950. The highest BCUT2D eigenvalue weighted by atomic mass is 19.3.